The van der Waals surface area contributed by atoms with Gasteiger partial charge in [0.2, 0.25) is 0 Å². The van der Waals surface area contributed by atoms with E-state index in [-0.39, 0.29) is 12.4 Å². The average molecular weight is 283 g/mol. The number of benzene rings is 1. The first-order valence-corrected chi connectivity index (χ1v) is 7.36. The van der Waals surface area contributed by atoms with E-state index in [1.165, 1.54) is 37.1 Å². The number of rotatable bonds is 6. The van der Waals surface area contributed by atoms with Crippen molar-refractivity contribution in [1.29, 1.82) is 0 Å². The Kier molecular flexibility index (Phi) is 7.44. The molecule has 1 aliphatic rings. The first-order valence-electron chi connectivity index (χ1n) is 7.36. The smallest absolute Gasteiger partial charge is 0.0237 e. The van der Waals surface area contributed by atoms with E-state index in [4.69, 9.17) is 0 Å². The van der Waals surface area contributed by atoms with Gasteiger partial charge < -0.3 is 5.32 Å². The Labute approximate surface area is 124 Å². The van der Waals surface area contributed by atoms with E-state index < -0.39 is 0 Å². The van der Waals surface area contributed by atoms with Gasteiger partial charge in [-0.15, -0.1) is 12.4 Å². The van der Waals surface area contributed by atoms with Crippen molar-refractivity contribution in [3.05, 3.63) is 35.4 Å². The van der Waals surface area contributed by atoms with Crippen LogP contribution < -0.4 is 5.32 Å². The Morgan fingerprint density at radius 1 is 1.16 bits per heavy atom. The highest BCUT2D eigenvalue weighted by molar-refractivity contribution is 5.85. The third kappa shape index (κ3) is 4.79. The van der Waals surface area contributed by atoms with Gasteiger partial charge in [-0.3, -0.25) is 4.90 Å². The first-order chi connectivity index (χ1) is 8.83. The molecule has 3 heteroatoms. The highest BCUT2D eigenvalue weighted by atomic mass is 35.5. The predicted octanol–water partition coefficient (Wildman–Crippen LogP) is 3.24. The van der Waals surface area contributed by atoms with Gasteiger partial charge in [0.05, 0.1) is 0 Å². The fourth-order valence-corrected chi connectivity index (χ4v) is 2.74. The SMILES string of the molecule is CCCN(Cc1ccc(CC)cc1)C1CCNC1.Cl. The number of hydrogen-bond donors (Lipinski definition) is 1. The summed E-state index contributed by atoms with van der Waals surface area (Å²) in [5.74, 6) is 0. The molecule has 0 aliphatic carbocycles. The van der Waals surface area contributed by atoms with Crippen molar-refractivity contribution < 1.29 is 0 Å². The van der Waals surface area contributed by atoms with Crippen LogP contribution in [0.15, 0.2) is 24.3 Å². The second-order valence-corrected chi connectivity index (χ2v) is 5.29. The molecule has 0 spiro atoms. The lowest BCUT2D eigenvalue weighted by Gasteiger charge is -2.28. The largest absolute Gasteiger partial charge is 0.315 e. The summed E-state index contributed by atoms with van der Waals surface area (Å²) in [5.41, 5.74) is 2.89. The highest BCUT2D eigenvalue weighted by Gasteiger charge is 2.21. The fraction of sp³-hybridized carbons (Fsp3) is 0.625. The summed E-state index contributed by atoms with van der Waals surface area (Å²) in [7, 11) is 0. The van der Waals surface area contributed by atoms with Crippen LogP contribution in [0.4, 0.5) is 0 Å². The molecule has 1 aliphatic heterocycles. The Bertz CT molecular complexity index is 344. The summed E-state index contributed by atoms with van der Waals surface area (Å²) in [6.07, 6.45) is 3.67. The second-order valence-electron chi connectivity index (χ2n) is 5.29. The fourth-order valence-electron chi connectivity index (χ4n) is 2.74. The topological polar surface area (TPSA) is 15.3 Å². The second kappa shape index (κ2) is 8.57. The molecule has 1 atom stereocenters. The lowest BCUT2D eigenvalue weighted by molar-refractivity contribution is 0.199. The number of halogens is 1. The molecule has 1 N–H and O–H groups in total. The third-order valence-electron chi connectivity index (χ3n) is 3.88. The summed E-state index contributed by atoms with van der Waals surface area (Å²) in [4.78, 5) is 2.64. The minimum atomic E-state index is 0. The molecule has 0 amide bonds. The molecule has 1 unspecified atom stereocenters. The predicted molar refractivity (Wildman–Crippen MR) is 85.0 cm³/mol. The number of nitrogens with zero attached hydrogens (tertiary/aromatic N) is 1. The van der Waals surface area contributed by atoms with Gasteiger partial charge in [0.15, 0.2) is 0 Å². The lowest BCUT2D eigenvalue weighted by atomic mass is 10.1. The minimum absolute atomic E-state index is 0. The van der Waals surface area contributed by atoms with E-state index in [1.807, 2.05) is 0 Å². The van der Waals surface area contributed by atoms with Crippen LogP contribution >= 0.6 is 12.4 Å². The molecule has 1 aromatic carbocycles. The zero-order chi connectivity index (χ0) is 12.8. The van der Waals surface area contributed by atoms with Gasteiger partial charge in [-0.05, 0) is 43.5 Å². The van der Waals surface area contributed by atoms with Gasteiger partial charge >= 0.3 is 0 Å². The summed E-state index contributed by atoms with van der Waals surface area (Å²) in [6.45, 7) is 9.14. The molecular weight excluding hydrogens is 256 g/mol. The molecule has 1 fully saturated rings. The van der Waals surface area contributed by atoms with Crippen molar-refractivity contribution >= 4 is 12.4 Å². The van der Waals surface area contributed by atoms with E-state index in [2.05, 4.69) is 48.3 Å². The van der Waals surface area contributed by atoms with Crippen molar-refractivity contribution in [1.82, 2.24) is 10.2 Å². The van der Waals surface area contributed by atoms with Gasteiger partial charge in [0, 0.05) is 19.1 Å². The van der Waals surface area contributed by atoms with Crippen LogP contribution in [0.3, 0.4) is 0 Å². The molecule has 1 aromatic rings. The third-order valence-corrected chi connectivity index (χ3v) is 3.88. The molecule has 1 saturated heterocycles. The van der Waals surface area contributed by atoms with E-state index in [1.54, 1.807) is 0 Å². The van der Waals surface area contributed by atoms with Crippen molar-refractivity contribution in [3.63, 3.8) is 0 Å². The van der Waals surface area contributed by atoms with Crippen LogP contribution in [0, 0.1) is 0 Å². The van der Waals surface area contributed by atoms with Crippen LogP contribution in [-0.4, -0.2) is 30.6 Å². The Balaban J connectivity index is 0.00000180. The standard InChI is InChI=1S/C16H26N2.ClH/c1-3-11-18(16-9-10-17-12-16)13-15-7-5-14(4-2)6-8-15;/h5-8,16-17H,3-4,9-13H2,1-2H3;1H. The maximum Gasteiger partial charge on any atom is 0.0237 e. The molecular formula is C16H27ClN2. The molecule has 0 radical (unpaired) electrons. The summed E-state index contributed by atoms with van der Waals surface area (Å²) in [6, 6.07) is 9.86. The van der Waals surface area contributed by atoms with Crippen LogP contribution in [-0.2, 0) is 13.0 Å². The lowest BCUT2D eigenvalue weighted by Crippen LogP contribution is -2.36. The Hall–Kier alpha value is -0.570. The maximum absolute atomic E-state index is 3.47. The summed E-state index contributed by atoms with van der Waals surface area (Å²) in [5, 5.41) is 3.47. The first kappa shape index (κ1) is 16.5. The zero-order valence-electron chi connectivity index (χ0n) is 12.2. The maximum atomic E-state index is 3.47. The van der Waals surface area contributed by atoms with Crippen molar-refractivity contribution in [2.24, 2.45) is 0 Å². The number of aryl methyl sites for hydroxylation is 1. The number of nitrogens with one attached hydrogen (secondary N) is 1. The quantitative estimate of drug-likeness (QED) is 0.862. The molecule has 108 valence electrons. The van der Waals surface area contributed by atoms with Crippen LogP contribution in [0.5, 0.6) is 0 Å². The van der Waals surface area contributed by atoms with E-state index in [9.17, 15) is 0 Å². The molecule has 0 aromatic heterocycles. The van der Waals surface area contributed by atoms with E-state index in [0.29, 0.717) is 0 Å². The average Bonchev–Trinajstić information content (AvgIpc) is 2.93. The minimum Gasteiger partial charge on any atom is -0.315 e. The molecule has 19 heavy (non-hydrogen) atoms. The zero-order valence-corrected chi connectivity index (χ0v) is 13.0. The van der Waals surface area contributed by atoms with Crippen molar-refractivity contribution in [2.45, 2.75) is 45.7 Å². The molecule has 0 bridgehead atoms. The van der Waals surface area contributed by atoms with Gasteiger partial charge in [-0.25, -0.2) is 0 Å². The van der Waals surface area contributed by atoms with Crippen molar-refractivity contribution in [2.75, 3.05) is 19.6 Å². The molecule has 0 saturated carbocycles. The van der Waals surface area contributed by atoms with Crippen molar-refractivity contribution in [3.8, 4) is 0 Å². The summed E-state index contributed by atoms with van der Waals surface area (Å²) >= 11 is 0. The molecule has 2 rings (SSSR count). The number of hydrogen-bond acceptors (Lipinski definition) is 2. The van der Waals surface area contributed by atoms with Gasteiger partial charge in [-0.2, -0.15) is 0 Å². The van der Waals surface area contributed by atoms with E-state index in [0.717, 1.165) is 25.6 Å². The normalized spacial score (nSPS) is 18.6. The summed E-state index contributed by atoms with van der Waals surface area (Å²) < 4.78 is 0. The van der Waals surface area contributed by atoms with Crippen LogP contribution in [0.1, 0.15) is 37.8 Å². The van der Waals surface area contributed by atoms with Crippen LogP contribution in [0.2, 0.25) is 0 Å². The molecule has 2 nitrogen and oxygen atoms in total. The van der Waals surface area contributed by atoms with Gasteiger partial charge in [-0.1, -0.05) is 38.1 Å². The monoisotopic (exact) mass is 282 g/mol. The Morgan fingerprint density at radius 3 is 2.37 bits per heavy atom. The Morgan fingerprint density at radius 2 is 1.84 bits per heavy atom. The highest BCUT2D eigenvalue weighted by Crippen LogP contribution is 2.14. The van der Waals surface area contributed by atoms with Crippen LogP contribution in [0.25, 0.3) is 0 Å². The molecule has 1 heterocycles. The van der Waals surface area contributed by atoms with Gasteiger partial charge in [0.25, 0.3) is 0 Å². The van der Waals surface area contributed by atoms with Gasteiger partial charge in [0.1, 0.15) is 0 Å². The van der Waals surface area contributed by atoms with E-state index >= 15 is 0 Å².